The van der Waals surface area contributed by atoms with E-state index in [-0.39, 0.29) is 11.7 Å². The molecule has 0 saturated heterocycles. The molecule has 5 nitrogen and oxygen atoms in total. The largest absolute Gasteiger partial charge is 0.397 e. The van der Waals surface area contributed by atoms with E-state index in [0.717, 1.165) is 17.9 Å². The Kier molecular flexibility index (Phi) is 3.96. The smallest absolute Gasteiger partial charge is 0.231 e. The highest BCUT2D eigenvalue weighted by Gasteiger charge is 2.42. The molecule has 1 amide bonds. The zero-order valence-corrected chi connectivity index (χ0v) is 11.5. The fourth-order valence-corrected chi connectivity index (χ4v) is 2.47. The lowest BCUT2D eigenvalue weighted by atomic mass is 9.98. The molecule has 19 heavy (non-hydrogen) atoms. The number of hydrogen-bond donors (Lipinski definition) is 2. The molecule has 2 rings (SSSR count). The molecule has 1 aromatic heterocycles. The van der Waals surface area contributed by atoms with Gasteiger partial charge < -0.3 is 11.1 Å². The fraction of sp³-hybridized carbons (Fsp3) is 0.462. The van der Waals surface area contributed by atoms with Crippen LogP contribution in [0.25, 0.3) is 0 Å². The minimum Gasteiger partial charge on any atom is -0.397 e. The van der Waals surface area contributed by atoms with Gasteiger partial charge in [-0.25, -0.2) is 4.98 Å². The van der Waals surface area contributed by atoms with Gasteiger partial charge in [0.1, 0.15) is 5.54 Å². The van der Waals surface area contributed by atoms with Gasteiger partial charge in [-0.2, -0.15) is 5.26 Å². The molecule has 3 N–H and O–H groups in total. The third kappa shape index (κ3) is 3.61. The number of nitrogens with two attached hydrogens (primary N) is 1. The molecule has 0 spiro atoms. The van der Waals surface area contributed by atoms with E-state index in [9.17, 15) is 4.79 Å². The van der Waals surface area contributed by atoms with Crippen molar-refractivity contribution in [2.45, 2.75) is 30.3 Å². The van der Waals surface area contributed by atoms with Crippen LogP contribution in [-0.4, -0.2) is 22.2 Å². The summed E-state index contributed by atoms with van der Waals surface area (Å²) >= 11 is 1.33. The van der Waals surface area contributed by atoms with Crippen LogP contribution in [0.3, 0.4) is 0 Å². The Bertz CT molecular complexity index is 506. The number of pyridine rings is 1. The van der Waals surface area contributed by atoms with Gasteiger partial charge in [0.2, 0.25) is 5.91 Å². The maximum Gasteiger partial charge on any atom is 0.231 e. The zero-order chi connectivity index (χ0) is 13.9. The van der Waals surface area contributed by atoms with Crippen molar-refractivity contribution in [3.8, 4) is 6.07 Å². The maximum absolute atomic E-state index is 11.9. The van der Waals surface area contributed by atoms with E-state index in [4.69, 9.17) is 11.0 Å². The van der Waals surface area contributed by atoms with E-state index < -0.39 is 5.54 Å². The Morgan fingerprint density at radius 3 is 2.95 bits per heavy atom. The van der Waals surface area contributed by atoms with E-state index in [1.54, 1.807) is 25.3 Å². The normalized spacial score (nSPS) is 17.3. The second-order valence-corrected chi connectivity index (χ2v) is 5.85. The Balaban J connectivity index is 1.84. The van der Waals surface area contributed by atoms with Gasteiger partial charge in [0, 0.05) is 0 Å². The van der Waals surface area contributed by atoms with Crippen LogP contribution >= 0.6 is 11.8 Å². The van der Waals surface area contributed by atoms with Gasteiger partial charge in [0.25, 0.3) is 0 Å². The molecule has 0 aromatic carbocycles. The highest BCUT2D eigenvalue weighted by atomic mass is 32.2. The van der Waals surface area contributed by atoms with Crippen molar-refractivity contribution >= 4 is 23.4 Å². The van der Waals surface area contributed by atoms with Crippen LogP contribution in [0, 0.1) is 17.2 Å². The van der Waals surface area contributed by atoms with Crippen molar-refractivity contribution in [2.75, 3.05) is 11.5 Å². The Labute approximate surface area is 116 Å². The van der Waals surface area contributed by atoms with Gasteiger partial charge in [-0.3, -0.25) is 4.79 Å². The fourth-order valence-electron chi connectivity index (χ4n) is 1.82. The van der Waals surface area contributed by atoms with Crippen LogP contribution in [0.5, 0.6) is 0 Å². The molecule has 100 valence electrons. The number of hydrogen-bond acceptors (Lipinski definition) is 5. The SMILES string of the molecule is CC(C#N)(NC(=O)CSc1ccc(N)cn1)C1CC1. The van der Waals surface area contributed by atoms with Gasteiger partial charge in [-0.15, -0.1) is 0 Å². The summed E-state index contributed by atoms with van der Waals surface area (Å²) in [6, 6.07) is 5.73. The predicted octanol–water partition coefficient (Wildman–Crippen LogP) is 1.56. The summed E-state index contributed by atoms with van der Waals surface area (Å²) in [6.45, 7) is 1.79. The number of carbonyl (C=O) groups is 1. The molecule has 1 heterocycles. The first-order valence-electron chi connectivity index (χ1n) is 6.10. The molecule has 1 atom stereocenters. The predicted molar refractivity (Wildman–Crippen MR) is 74.3 cm³/mol. The molecule has 1 aliphatic rings. The average molecular weight is 276 g/mol. The van der Waals surface area contributed by atoms with Crippen molar-refractivity contribution < 1.29 is 4.79 Å². The van der Waals surface area contributed by atoms with Gasteiger partial charge in [-0.05, 0) is 37.8 Å². The molecule has 0 bridgehead atoms. The second-order valence-electron chi connectivity index (χ2n) is 4.86. The summed E-state index contributed by atoms with van der Waals surface area (Å²) < 4.78 is 0. The Morgan fingerprint density at radius 1 is 1.68 bits per heavy atom. The topological polar surface area (TPSA) is 91.8 Å². The first kappa shape index (κ1) is 13.7. The molecular weight excluding hydrogens is 260 g/mol. The van der Waals surface area contributed by atoms with E-state index in [2.05, 4.69) is 16.4 Å². The van der Waals surface area contributed by atoms with Crippen molar-refractivity contribution in [3.63, 3.8) is 0 Å². The van der Waals surface area contributed by atoms with Crippen molar-refractivity contribution in [3.05, 3.63) is 18.3 Å². The number of thioether (sulfide) groups is 1. The zero-order valence-electron chi connectivity index (χ0n) is 10.7. The Morgan fingerprint density at radius 2 is 2.42 bits per heavy atom. The summed E-state index contributed by atoms with van der Waals surface area (Å²) in [6.07, 6.45) is 3.58. The minimum absolute atomic E-state index is 0.139. The number of aromatic nitrogens is 1. The van der Waals surface area contributed by atoms with E-state index in [1.165, 1.54) is 11.8 Å². The van der Waals surface area contributed by atoms with Gasteiger partial charge >= 0.3 is 0 Å². The molecule has 1 aromatic rings. The molecular formula is C13H16N4OS. The van der Waals surface area contributed by atoms with Crippen LogP contribution < -0.4 is 11.1 Å². The first-order valence-corrected chi connectivity index (χ1v) is 7.08. The van der Waals surface area contributed by atoms with Gasteiger partial charge in [0.05, 0.1) is 28.7 Å². The van der Waals surface area contributed by atoms with Crippen LogP contribution in [0.2, 0.25) is 0 Å². The number of nitriles is 1. The number of nitrogens with one attached hydrogen (secondary N) is 1. The summed E-state index contributed by atoms with van der Waals surface area (Å²) in [5, 5.41) is 12.7. The highest BCUT2D eigenvalue weighted by molar-refractivity contribution is 7.99. The molecule has 1 saturated carbocycles. The lowest BCUT2D eigenvalue weighted by Gasteiger charge is -2.22. The third-order valence-electron chi connectivity index (χ3n) is 3.14. The molecule has 1 unspecified atom stereocenters. The number of nitrogen functional groups attached to an aromatic ring is 1. The molecule has 1 fully saturated rings. The van der Waals surface area contributed by atoms with Crippen LogP contribution in [0.1, 0.15) is 19.8 Å². The van der Waals surface area contributed by atoms with Gasteiger partial charge in [-0.1, -0.05) is 11.8 Å². The van der Waals surface area contributed by atoms with Crippen LogP contribution in [0.4, 0.5) is 5.69 Å². The number of anilines is 1. The number of nitrogens with zero attached hydrogens (tertiary/aromatic N) is 2. The monoisotopic (exact) mass is 276 g/mol. The highest BCUT2D eigenvalue weighted by Crippen LogP contribution is 2.39. The minimum atomic E-state index is -0.730. The summed E-state index contributed by atoms with van der Waals surface area (Å²) in [5.74, 6) is 0.404. The molecule has 1 aliphatic carbocycles. The maximum atomic E-state index is 11.9. The summed E-state index contributed by atoms with van der Waals surface area (Å²) in [7, 11) is 0. The van der Waals surface area contributed by atoms with E-state index >= 15 is 0 Å². The quantitative estimate of drug-likeness (QED) is 0.796. The summed E-state index contributed by atoms with van der Waals surface area (Å²) in [4.78, 5) is 16.0. The molecule has 0 radical (unpaired) electrons. The van der Waals surface area contributed by atoms with E-state index in [1.807, 2.05) is 0 Å². The van der Waals surface area contributed by atoms with Crippen LogP contribution in [-0.2, 0) is 4.79 Å². The number of amides is 1. The van der Waals surface area contributed by atoms with Crippen LogP contribution in [0.15, 0.2) is 23.4 Å². The van der Waals surface area contributed by atoms with Crippen molar-refractivity contribution in [1.29, 1.82) is 5.26 Å². The third-order valence-corrected chi connectivity index (χ3v) is 4.08. The Hall–Kier alpha value is -1.74. The molecule has 0 aliphatic heterocycles. The second kappa shape index (κ2) is 5.49. The summed E-state index contributed by atoms with van der Waals surface area (Å²) in [5.41, 5.74) is 5.40. The molecule has 6 heteroatoms. The van der Waals surface area contributed by atoms with E-state index in [0.29, 0.717) is 11.6 Å². The standard InChI is InChI=1S/C13H16N4OS/c1-13(8-14,9-2-3-9)17-11(18)7-19-12-5-4-10(15)6-16-12/h4-6,9H,2-3,7,15H2,1H3,(H,17,18). The first-order chi connectivity index (χ1) is 9.03. The number of carbonyl (C=O) groups excluding carboxylic acids is 1. The van der Waals surface area contributed by atoms with Crippen molar-refractivity contribution in [1.82, 2.24) is 10.3 Å². The lowest BCUT2D eigenvalue weighted by molar-refractivity contribution is -0.119. The van der Waals surface area contributed by atoms with Gasteiger partial charge in [0.15, 0.2) is 0 Å². The lowest BCUT2D eigenvalue weighted by Crippen LogP contribution is -2.47. The number of rotatable bonds is 5. The average Bonchev–Trinajstić information content (AvgIpc) is 3.22. The van der Waals surface area contributed by atoms with Crippen molar-refractivity contribution in [2.24, 2.45) is 5.92 Å².